The third-order valence-electron chi connectivity index (χ3n) is 13.3. The van der Waals surface area contributed by atoms with Gasteiger partial charge in [0.2, 0.25) is 0 Å². The topological polar surface area (TPSA) is 299 Å². The van der Waals surface area contributed by atoms with Gasteiger partial charge in [-0.05, 0) is 133 Å². The van der Waals surface area contributed by atoms with E-state index in [1.165, 1.54) is 5.56 Å². The number of likely N-dealkylation sites (tertiary alicyclic amines) is 1. The number of carbonyl (C=O) groups is 4. The van der Waals surface area contributed by atoms with Crippen LogP contribution < -0.4 is 36.1 Å². The van der Waals surface area contributed by atoms with Crippen LogP contribution in [0.2, 0.25) is 0 Å². The Hall–Kier alpha value is -6.89. The zero-order valence-corrected chi connectivity index (χ0v) is 46.4. The van der Waals surface area contributed by atoms with Crippen LogP contribution >= 0.6 is 0 Å². The smallest absolute Gasteiger partial charge is 0.253 e. The Morgan fingerprint density at radius 3 is 1.40 bits per heavy atom. The Bertz CT molecular complexity index is 2680. The SMILES string of the molecule is CCN(CC)C(=O)c1ccc2c(c1)Oc1c(C(N)=O)cccc1N2C1CCN(Cc2ccccc2)CC1.CCN(CC)C(=O)c1ccc2c(c1)Oc1c(C(N)=O)cccc1N2C1CCNCC1.O.O.O.O=[C-]O.[CH2-]C.[CH3-].[HH].[Pd]. The molecule has 4 aliphatic heterocycles. The number of hydrogen-bond donors (Lipinski definition) is 4. The zero-order chi connectivity index (χ0) is 51.9. The molecular weight excluding hydrogens is 1080 g/mol. The van der Waals surface area contributed by atoms with Gasteiger partial charge in [-0.1, -0.05) is 48.9 Å². The molecule has 426 valence electrons. The predicted molar refractivity (Wildman–Crippen MR) is 301 cm³/mol. The van der Waals surface area contributed by atoms with E-state index in [1.54, 1.807) is 41.0 Å². The molecule has 4 aliphatic rings. The van der Waals surface area contributed by atoms with E-state index >= 15 is 0 Å². The molecule has 20 heteroatoms. The van der Waals surface area contributed by atoms with E-state index in [4.69, 9.17) is 30.8 Å². The van der Waals surface area contributed by atoms with Crippen molar-refractivity contribution in [3.8, 4) is 23.0 Å². The summed E-state index contributed by atoms with van der Waals surface area (Å²) in [7, 11) is 0. The molecule has 5 aromatic carbocycles. The Morgan fingerprint density at radius 1 is 0.636 bits per heavy atom. The van der Waals surface area contributed by atoms with Crippen molar-refractivity contribution in [3.05, 3.63) is 145 Å². The van der Waals surface area contributed by atoms with Gasteiger partial charge in [-0.15, -0.1) is 0 Å². The first-order valence-corrected chi connectivity index (χ1v) is 24.8. The number of nitrogens with one attached hydrogen (secondary N) is 1. The van der Waals surface area contributed by atoms with Crippen molar-refractivity contribution in [1.29, 1.82) is 0 Å². The molecule has 0 aliphatic carbocycles. The molecule has 0 saturated carbocycles. The molecule has 0 unspecified atom stereocenters. The van der Waals surface area contributed by atoms with Gasteiger partial charge in [0.15, 0.2) is 23.0 Å². The minimum absolute atomic E-state index is 0. The number of ether oxygens (including phenoxy) is 2. The summed E-state index contributed by atoms with van der Waals surface area (Å²) in [4.78, 5) is 69.1. The molecular formula is C57H79N8O11Pd-3. The van der Waals surface area contributed by atoms with Crippen molar-refractivity contribution >= 4 is 52.9 Å². The van der Waals surface area contributed by atoms with Crippen molar-refractivity contribution in [1.82, 2.24) is 20.0 Å². The molecule has 4 amide bonds. The number of para-hydroxylation sites is 2. The summed E-state index contributed by atoms with van der Waals surface area (Å²) < 4.78 is 12.5. The first kappa shape index (κ1) is 68.1. The van der Waals surface area contributed by atoms with Gasteiger partial charge < -0.3 is 86.5 Å². The maximum Gasteiger partial charge on any atom is 0.253 e. The number of primary amides is 2. The number of rotatable bonds is 12. The van der Waals surface area contributed by atoms with Gasteiger partial charge in [-0.3, -0.25) is 24.1 Å². The number of aliphatic hydroxyl groups excluding tert-OH is 1. The number of fused-ring (bicyclic) bond motifs is 4. The third kappa shape index (κ3) is 15.6. The minimum Gasteiger partial charge on any atom is -0.665 e. The van der Waals surface area contributed by atoms with Crippen molar-refractivity contribution in [2.45, 2.75) is 78.9 Å². The molecule has 2 saturated heterocycles. The number of carbonyl (C=O) groups excluding carboxylic acids is 4. The van der Waals surface area contributed by atoms with Crippen molar-refractivity contribution in [2.24, 2.45) is 11.5 Å². The van der Waals surface area contributed by atoms with Crippen LogP contribution in [0.15, 0.2) is 103 Å². The maximum absolute atomic E-state index is 13.1. The molecule has 0 radical (unpaired) electrons. The van der Waals surface area contributed by atoms with E-state index in [-0.39, 0.29) is 69.6 Å². The van der Waals surface area contributed by atoms with Crippen molar-refractivity contribution in [2.75, 3.05) is 62.2 Å². The standard InChI is InChI=1S/C30H34N4O3.C23H28N4O3.C2H5.CHO2.CH3.3H2O.Pd.H2/c1-3-33(4-2)30(36)22-13-14-25-27(19-22)37-28-24(29(31)35)11-8-12-26(28)34(25)23-15-17-32(18-16-23)20-21-9-6-5-7-10-21;1-3-26(4-2)23(29)15-8-9-18-20(14-15)30-21-17(22(24)28)6-5-7-19(21)27(18)16-10-12-25-13-11-16;1-2;2-1-3;;;;;;/h5-14,19,23H,3-4,15-18,20H2,1-2H3,(H2,31,35);5-9,14,16,25H,3-4,10-13H2,1-2H3,(H2,24,28);1H2,2H3;(H,2,3);1H3;3*1H2;;1H/q;;3*-1;;;;;. The van der Waals surface area contributed by atoms with Gasteiger partial charge in [-0.25, -0.2) is 0 Å². The maximum atomic E-state index is 13.1. The van der Waals surface area contributed by atoms with Gasteiger partial charge in [0.1, 0.15) is 0 Å². The van der Waals surface area contributed by atoms with Crippen molar-refractivity contribution < 1.29 is 76.8 Å². The van der Waals surface area contributed by atoms with E-state index in [9.17, 15) is 19.2 Å². The summed E-state index contributed by atoms with van der Waals surface area (Å²) in [6.07, 6.45) is 3.87. The fourth-order valence-electron chi connectivity index (χ4n) is 9.78. The van der Waals surface area contributed by atoms with Crippen LogP contribution in [0.5, 0.6) is 23.0 Å². The number of hydrogen-bond acceptors (Lipinski definition) is 11. The Labute approximate surface area is 468 Å². The van der Waals surface area contributed by atoms with Crippen LogP contribution in [0, 0.1) is 14.4 Å². The van der Waals surface area contributed by atoms with Crippen LogP contribution in [0.1, 0.15) is 109 Å². The van der Waals surface area contributed by atoms with Crippen LogP contribution in [0.4, 0.5) is 22.7 Å². The number of piperidine rings is 2. The largest absolute Gasteiger partial charge is 0.665 e. The first-order chi connectivity index (χ1) is 35.0. The first-order valence-electron chi connectivity index (χ1n) is 24.8. The quantitative estimate of drug-likeness (QED) is 0.0718. The molecule has 0 aromatic heterocycles. The molecule has 12 N–H and O–H groups in total. The molecule has 0 bridgehead atoms. The van der Waals surface area contributed by atoms with Gasteiger partial charge in [0.25, 0.3) is 23.6 Å². The van der Waals surface area contributed by atoms with E-state index in [2.05, 4.69) is 51.2 Å². The van der Waals surface area contributed by atoms with Gasteiger partial charge in [0, 0.05) is 90.9 Å². The molecule has 2 fully saturated rings. The number of nitrogens with zero attached hydrogens (tertiary/aromatic N) is 5. The summed E-state index contributed by atoms with van der Waals surface area (Å²) >= 11 is 0. The number of anilines is 4. The summed E-state index contributed by atoms with van der Waals surface area (Å²) in [6, 6.07) is 33.3. The fourth-order valence-corrected chi connectivity index (χ4v) is 9.78. The Kier molecular flexibility index (Phi) is 28.9. The van der Waals surface area contributed by atoms with Crippen LogP contribution in [-0.2, 0) is 31.8 Å². The van der Waals surface area contributed by atoms with Gasteiger partial charge in [0.05, 0.1) is 33.9 Å². The molecule has 4 heterocycles. The van der Waals surface area contributed by atoms with Gasteiger partial charge in [-0.2, -0.15) is 6.92 Å². The molecule has 19 nitrogen and oxygen atoms in total. The second-order valence-electron chi connectivity index (χ2n) is 17.4. The van der Waals surface area contributed by atoms with E-state index in [0.29, 0.717) is 77.9 Å². The van der Waals surface area contributed by atoms with Crippen LogP contribution in [0.25, 0.3) is 0 Å². The molecule has 5 aromatic rings. The fraction of sp³-hybridized carbons (Fsp3) is 0.351. The second kappa shape index (κ2) is 32.6. The van der Waals surface area contributed by atoms with Crippen molar-refractivity contribution in [3.63, 3.8) is 0 Å². The average Bonchev–Trinajstić information content (AvgIpc) is 3.41. The van der Waals surface area contributed by atoms with E-state index in [0.717, 1.165) is 81.2 Å². The Balaban J connectivity index is 0.00000133. The normalized spacial score (nSPS) is 13.8. The van der Waals surface area contributed by atoms with Gasteiger partial charge >= 0.3 is 0 Å². The van der Waals surface area contributed by atoms with E-state index < -0.39 is 11.8 Å². The molecule has 9 rings (SSSR count). The average molecular weight is 1160 g/mol. The number of amides is 4. The number of benzene rings is 5. The van der Waals surface area contributed by atoms with Crippen LogP contribution in [0.3, 0.4) is 0 Å². The van der Waals surface area contributed by atoms with E-state index in [1.807, 2.05) is 82.3 Å². The number of nitrogens with two attached hydrogens (primary N) is 2. The second-order valence-corrected chi connectivity index (χ2v) is 17.4. The zero-order valence-electron chi connectivity index (χ0n) is 44.9. The van der Waals surface area contributed by atoms with Crippen LogP contribution in [-0.4, -0.2) is 131 Å². The monoisotopic (exact) mass is 1160 g/mol. The minimum atomic E-state index is -0.534. The molecule has 0 atom stereocenters. The predicted octanol–water partition coefficient (Wildman–Crippen LogP) is 7.11. The molecule has 0 spiro atoms. The summed E-state index contributed by atoms with van der Waals surface area (Å²) in [5.41, 5.74) is 18.0. The summed E-state index contributed by atoms with van der Waals surface area (Å²) in [5.74, 6) is 0.938. The summed E-state index contributed by atoms with van der Waals surface area (Å²) in [6.45, 7) is 20.7. The summed E-state index contributed by atoms with van der Waals surface area (Å²) in [5, 5.41) is 10.2. The Morgan fingerprint density at radius 2 is 1.03 bits per heavy atom. The third-order valence-corrected chi connectivity index (χ3v) is 13.3. The molecule has 77 heavy (non-hydrogen) atoms.